The van der Waals surface area contributed by atoms with E-state index < -0.39 is 0 Å². The summed E-state index contributed by atoms with van der Waals surface area (Å²) in [5.74, 6) is -0.430. The summed E-state index contributed by atoms with van der Waals surface area (Å²) < 4.78 is 13.3. The zero-order valence-corrected chi connectivity index (χ0v) is 9.00. The molecule has 4 heteroatoms. The van der Waals surface area contributed by atoms with Gasteiger partial charge in [0.05, 0.1) is 6.42 Å². The molecule has 1 aromatic carbocycles. The van der Waals surface area contributed by atoms with E-state index in [0.717, 1.165) is 19.5 Å². The molecule has 1 aliphatic rings. The number of carbonyl (C=O) groups excluding carboxylic acids is 1. The average molecular weight is 222 g/mol. The number of benzene rings is 1. The van der Waals surface area contributed by atoms with E-state index in [9.17, 15) is 9.18 Å². The van der Waals surface area contributed by atoms with Gasteiger partial charge in [0.2, 0.25) is 5.91 Å². The number of carbonyl (C=O) groups is 1. The third kappa shape index (κ3) is 2.79. The molecule has 0 radical (unpaired) electrons. The first-order valence-corrected chi connectivity index (χ1v) is 5.49. The third-order valence-electron chi connectivity index (χ3n) is 2.73. The van der Waals surface area contributed by atoms with Crippen molar-refractivity contribution in [2.24, 2.45) is 0 Å². The van der Waals surface area contributed by atoms with Gasteiger partial charge in [-0.2, -0.15) is 0 Å². The zero-order chi connectivity index (χ0) is 11.4. The lowest BCUT2D eigenvalue weighted by atomic mass is 10.1. The van der Waals surface area contributed by atoms with Gasteiger partial charge in [0.25, 0.3) is 0 Å². The summed E-state index contributed by atoms with van der Waals surface area (Å²) in [5, 5.41) is 6.05. The molecule has 0 aromatic heterocycles. The predicted molar refractivity (Wildman–Crippen MR) is 59.5 cm³/mol. The minimum atomic E-state index is -0.317. The number of hydrogen-bond donors (Lipinski definition) is 2. The summed E-state index contributed by atoms with van der Waals surface area (Å²) in [4.78, 5) is 11.6. The minimum Gasteiger partial charge on any atom is -0.352 e. The second-order valence-corrected chi connectivity index (χ2v) is 4.03. The summed E-state index contributed by atoms with van der Waals surface area (Å²) >= 11 is 0. The predicted octanol–water partition coefficient (Wildman–Crippen LogP) is 0.846. The first-order valence-electron chi connectivity index (χ1n) is 5.49. The van der Waals surface area contributed by atoms with Gasteiger partial charge >= 0.3 is 0 Å². The Morgan fingerprint density at radius 1 is 1.50 bits per heavy atom. The molecule has 0 unspecified atom stereocenters. The smallest absolute Gasteiger partial charge is 0.224 e. The first-order chi connectivity index (χ1) is 7.75. The minimum absolute atomic E-state index is 0.112. The Morgan fingerprint density at radius 3 is 3.00 bits per heavy atom. The van der Waals surface area contributed by atoms with Gasteiger partial charge in [0.1, 0.15) is 5.82 Å². The van der Waals surface area contributed by atoms with Gasteiger partial charge < -0.3 is 10.6 Å². The molecule has 0 saturated carbocycles. The lowest BCUT2D eigenvalue weighted by Gasteiger charge is -2.11. The Morgan fingerprint density at radius 2 is 2.31 bits per heavy atom. The van der Waals surface area contributed by atoms with Crippen LogP contribution in [0.25, 0.3) is 0 Å². The van der Waals surface area contributed by atoms with Crippen molar-refractivity contribution in [1.82, 2.24) is 10.6 Å². The zero-order valence-electron chi connectivity index (χ0n) is 9.00. The SMILES string of the molecule is O=C(Cc1ccccc1F)N[C@@H]1CCNC1. The van der Waals surface area contributed by atoms with Gasteiger partial charge in [-0.1, -0.05) is 18.2 Å². The second-order valence-electron chi connectivity index (χ2n) is 4.03. The lowest BCUT2D eigenvalue weighted by molar-refractivity contribution is -0.121. The van der Waals surface area contributed by atoms with Gasteiger partial charge in [-0.25, -0.2) is 4.39 Å². The number of nitrogens with one attached hydrogen (secondary N) is 2. The van der Waals surface area contributed by atoms with E-state index >= 15 is 0 Å². The largest absolute Gasteiger partial charge is 0.352 e. The van der Waals surface area contributed by atoms with E-state index in [1.807, 2.05) is 0 Å². The Hall–Kier alpha value is -1.42. The second kappa shape index (κ2) is 5.07. The quantitative estimate of drug-likeness (QED) is 0.796. The molecule has 0 aliphatic carbocycles. The normalized spacial score (nSPS) is 19.7. The van der Waals surface area contributed by atoms with Crippen molar-refractivity contribution in [3.63, 3.8) is 0 Å². The molecule has 1 atom stereocenters. The van der Waals surface area contributed by atoms with Crippen molar-refractivity contribution in [2.45, 2.75) is 18.9 Å². The first kappa shape index (κ1) is 11.1. The Bertz CT molecular complexity index is 375. The molecule has 1 aromatic rings. The summed E-state index contributed by atoms with van der Waals surface area (Å²) in [6.07, 6.45) is 1.06. The fourth-order valence-electron chi connectivity index (χ4n) is 1.87. The van der Waals surface area contributed by atoms with Crippen molar-refractivity contribution in [3.8, 4) is 0 Å². The monoisotopic (exact) mass is 222 g/mol. The fourth-order valence-corrected chi connectivity index (χ4v) is 1.87. The van der Waals surface area contributed by atoms with Crippen LogP contribution in [0.5, 0.6) is 0 Å². The van der Waals surface area contributed by atoms with Crippen LogP contribution in [-0.4, -0.2) is 25.0 Å². The van der Waals surface area contributed by atoms with Gasteiger partial charge in [-0.3, -0.25) is 4.79 Å². The molecule has 1 fully saturated rings. The molecule has 3 nitrogen and oxygen atoms in total. The molecule has 16 heavy (non-hydrogen) atoms. The summed E-state index contributed by atoms with van der Waals surface area (Å²) in [5.41, 5.74) is 0.450. The van der Waals surface area contributed by atoms with Gasteiger partial charge in [-0.15, -0.1) is 0 Å². The number of hydrogen-bond acceptors (Lipinski definition) is 2. The summed E-state index contributed by atoms with van der Waals surface area (Å²) in [6, 6.07) is 6.57. The number of amides is 1. The molecule has 0 bridgehead atoms. The van der Waals surface area contributed by atoms with Gasteiger partial charge in [0.15, 0.2) is 0 Å². The van der Waals surface area contributed by atoms with Crippen molar-refractivity contribution in [2.75, 3.05) is 13.1 Å². The molecule has 2 rings (SSSR count). The lowest BCUT2D eigenvalue weighted by Crippen LogP contribution is -2.37. The van der Waals surface area contributed by atoms with Crippen molar-refractivity contribution in [3.05, 3.63) is 35.6 Å². The highest BCUT2D eigenvalue weighted by Gasteiger charge is 2.17. The van der Waals surface area contributed by atoms with Crippen LogP contribution >= 0.6 is 0 Å². The van der Waals surface area contributed by atoms with E-state index in [2.05, 4.69) is 10.6 Å². The topological polar surface area (TPSA) is 41.1 Å². The molecule has 1 saturated heterocycles. The van der Waals surface area contributed by atoms with E-state index in [1.165, 1.54) is 6.07 Å². The number of rotatable bonds is 3. The van der Waals surface area contributed by atoms with Gasteiger partial charge in [-0.05, 0) is 24.6 Å². The van der Waals surface area contributed by atoms with Crippen LogP contribution in [0.2, 0.25) is 0 Å². The maximum atomic E-state index is 13.3. The van der Waals surface area contributed by atoms with Gasteiger partial charge in [0, 0.05) is 12.6 Å². The number of halogens is 1. The summed E-state index contributed by atoms with van der Waals surface area (Å²) in [6.45, 7) is 1.74. The van der Waals surface area contributed by atoms with Crippen molar-refractivity contribution >= 4 is 5.91 Å². The van der Waals surface area contributed by atoms with Crippen LogP contribution in [0.15, 0.2) is 24.3 Å². The molecule has 1 aliphatic heterocycles. The van der Waals surface area contributed by atoms with Crippen LogP contribution < -0.4 is 10.6 Å². The molecule has 86 valence electrons. The molecular formula is C12H15FN2O. The Kier molecular flexibility index (Phi) is 3.51. The van der Waals surface area contributed by atoms with E-state index in [4.69, 9.17) is 0 Å². The molecular weight excluding hydrogens is 207 g/mol. The molecule has 1 heterocycles. The average Bonchev–Trinajstić information content (AvgIpc) is 2.74. The van der Waals surface area contributed by atoms with Crippen LogP contribution in [0.3, 0.4) is 0 Å². The highest BCUT2D eigenvalue weighted by atomic mass is 19.1. The molecule has 2 N–H and O–H groups in total. The fraction of sp³-hybridized carbons (Fsp3) is 0.417. The van der Waals surface area contributed by atoms with E-state index in [-0.39, 0.29) is 24.2 Å². The third-order valence-corrected chi connectivity index (χ3v) is 2.73. The molecule has 1 amide bonds. The van der Waals surface area contributed by atoms with Crippen LogP contribution in [0.4, 0.5) is 4.39 Å². The Balaban J connectivity index is 1.89. The van der Waals surface area contributed by atoms with Crippen molar-refractivity contribution < 1.29 is 9.18 Å². The molecule has 0 spiro atoms. The highest BCUT2D eigenvalue weighted by Crippen LogP contribution is 2.07. The van der Waals surface area contributed by atoms with Crippen LogP contribution in [0, 0.1) is 5.82 Å². The standard InChI is InChI=1S/C12H15FN2O/c13-11-4-2-1-3-9(11)7-12(16)15-10-5-6-14-8-10/h1-4,10,14H,5-8H2,(H,15,16)/t10-/m1/s1. The highest BCUT2D eigenvalue weighted by molar-refractivity contribution is 5.78. The van der Waals surface area contributed by atoms with Crippen LogP contribution in [0.1, 0.15) is 12.0 Å². The van der Waals surface area contributed by atoms with E-state index in [1.54, 1.807) is 18.2 Å². The maximum absolute atomic E-state index is 13.3. The van der Waals surface area contributed by atoms with Crippen molar-refractivity contribution in [1.29, 1.82) is 0 Å². The maximum Gasteiger partial charge on any atom is 0.224 e. The van der Waals surface area contributed by atoms with E-state index in [0.29, 0.717) is 5.56 Å². The van der Waals surface area contributed by atoms with Crippen LogP contribution in [-0.2, 0) is 11.2 Å². The summed E-state index contributed by atoms with van der Waals surface area (Å²) in [7, 11) is 0. The Labute approximate surface area is 94.0 Å².